The van der Waals surface area contributed by atoms with Crippen LogP contribution < -0.4 is 0 Å². The third-order valence-corrected chi connectivity index (χ3v) is 14.7. The lowest BCUT2D eigenvalue weighted by molar-refractivity contribution is 1.59. The third kappa shape index (κ3) is 3.84. The van der Waals surface area contributed by atoms with E-state index in [2.05, 4.69) is 53.3 Å². The van der Waals surface area contributed by atoms with Crippen LogP contribution in [0.4, 0.5) is 0 Å². The van der Waals surface area contributed by atoms with E-state index in [1.54, 1.807) is 0 Å². The van der Waals surface area contributed by atoms with Gasteiger partial charge in [-0.2, -0.15) is 8.75 Å². The highest BCUT2D eigenvalue weighted by Gasteiger charge is 2.25. The van der Waals surface area contributed by atoms with Gasteiger partial charge in [0, 0.05) is 20.9 Å². The van der Waals surface area contributed by atoms with Crippen LogP contribution in [0.1, 0.15) is 11.1 Å². The molecular weight excluding hydrogens is 533 g/mol. The van der Waals surface area contributed by atoms with Gasteiger partial charge in [-0.05, 0) is 32.4 Å². The van der Waals surface area contributed by atoms with Crippen molar-refractivity contribution in [3.8, 4) is 0 Å². The molecule has 144 valence electrons. The Labute approximate surface area is 206 Å². The van der Waals surface area contributed by atoms with Crippen molar-refractivity contribution in [1.29, 1.82) is 0 Å². The monoisotopic (exact) mass is 540 g/mol. The predicted molar refractivity (Wildman–Crippen MR) is 146 cm³/mol. The van der Waals surface area contributed by atoms with E-state index in [0.717, 1.165) is 11.0 Å². The molecule has 0 spiro atoms. The summed E-state index contributed by atoms with van der Waals surface area (Å²) in [4.78, 5) is 2.54. The van der Waals surface area contributed by atoms with Crippen molar-refractivity contribution in [1.82, 2.24) is 8.75 Å². The molecule has 0 unspecified atom stereocenters. The van der Waals surface area contributed by atoms with Gasteiger partial charge in [-0.25, -0.2) is 0 Å². The van der Waals surface area contributed by atoms with E-state index in [1.165, 1.54) is 49.6 Å². The van der Waals surface area contributed by atoms with E-state index >= 15 is 0 Å². The van der Waals surface area contributed by atoms with Gasteiger partial charge in [0.05, 0.1) is 28.7 Å². The number of nitrogens with zero attached hydrogens (tertiary/aromatic N) is 2. The van der Waals surface area contributed by atoms with Crippen molar-refractivity contribution in [3.05, 3.63) is 72.7 Å². The van der Waals surface area contributed by atoms with Crippen LogP contribution in [0.25, 0.3) is 20.8 Å². The highest BCUT2D eigenvalue weighted by atomic mass is 32.2. The molecule has 0 atom stereocenters. The summed E-state index contributed by atoms with van der Waals surface area (Å²) in [6.45, 7) is 0. The van der Waals surface area contributed by atoms with Crippen molar-refractivity contribution in [2.75, 3.05) is 0 Å². The summed E-state index contributed by atoms with van der Waals surface area (Å²) in [5.41, 5.74) is 4.41. The van der Waals surface area contributed by atoms with Crippen LogP contribution in [0.5, 0.6) is 0 Å². The average Bonchev–Trinajstić information content (AvgIpc) is 3.55. The van der Waals surface area contributed by atoms with Crippen LogP contribution in [0, 0.1) is 0 Å². The van der Waals surface area contributed by atoms with Gasteiger partial charge >= 0.3 is 0 Å². The Hall–Kier alpha value is 0.280. The van der Waals surface area contributed by atoms with Crippen molar-refractivity contribution in [2.45, 2.75) is 0 Å². The zero-order valence-electron chi connectivity index (χ0n) is 14.2. The van der Waals surface area contributed by atoms with Crippen molar-refractivity contribution >= 4 is 127 Å². The SMILES string of the molecule is C1=CSC(=C2SC=C(c3ccc(C4=CSC(=C5SC=CS5)S4)c4nsnc34)S2)S1. The van der Waals surface area contributed by atoms with E-state index < -0.39 is 0 Å². The van der Waals surface area contributed by atoms with Crippen LogP contribution in [0.3, 0.4) is 0 Å². The van der Waals surface area contributed by atoms with Crippen LogP contribution in [-0.4, -0.2) is 8.75 Å². The standard InChI is InChI=1S/C18H8N2S9/c1-2-10(12-8-26-18(28-12)16-23-5-6-24-16)14-13(19-29-20-14)9(1)11-7-25-17(27-11)15-21-3-4-22-15/h1-8H. The Kier molecular flexibility index (Phi) is 5.95. The highest BCUT2D eigenvalue weighted by Crippen LogP contribution is 2.58. The number of rotatable bonds is 2. The minimum absolute atomic E-state index is 1.02. The first-order valence-electron chi connectivity index (χ1n) is 8.17. The lowest BCUT2D eigenvalue weighted by Crippen LogP contribution is -1.87. The Bertz CT molecular complexity index is 1100. The molecule has 0 saturated heterocycles. The summed E-state index contributed by atoms with van der Waals surface area (Å²) in [5, 5.41) is 13.1. The molecule has 1 aromatic carbocycles. The van der Waals surface area contributed by atoms with Gasteiger partial charge in [0.25, 0.3) is 0 Å². The number of hydrogen-bond donors (Lipinski definition) is 0. The van der Waals surface area contributed by atoms with Crippen molar-refractivity contribution in [2.24, 2.45) is 0 Å². The van der Waals surface area contributed by atoms with Crippen LogP contribution in [0.15, 0.2) is 61.5 Å². The maximum Gasteiger partial charge on any atom is 0.113 e. The minimum Gasteiger partial charge on any atom is -0.172 e. The van der Waals surface area contributed by atoms with Crippen molar-refractivity contribution in [3.63, 3.8) is 0 Å². The van der Waals surface area contributed by atoms with Gasteiger partial charge in [0.15, 0.2) is 0 Å². The first kappa shape index (κ1) is 19.9. The fourth-order valence-electron chi connectivity index (χ4n) is 2.80. The van der Waals surface area contributed by atoms with Gasteiger partial charge in [-0.15, -0.1) is 0 Å². The zero-order valence-corrected chi connectivity index (χ0v) is 21.5. The molecule has 2 nitrogen and oxygen atoms in total. The van der Waals surface area contributed by atoms with Crippen molar-refractivity contribution < 1.29 is 0 Å². The largest absolute Gasteiger partial charge is 0.172 e. The normalized spacial score (nSPS) is 21.2. The van der Waals surface area contributed by atoms with E-state index in [1.807, 2.05) is 94.1 Å². The summed E-state index contributed by atoms with van der Waals surface area (Å²) in [6, 6.07) is 4.44. The molecule has 0 bridgehead atoms. The fraction of sp³-hybridized carbons (Fsp3) is 0. The maximum atomic E-state index is 4.67. The molecule has 1 aromatic heterocycles. The van der Waals surface area contributed by atoms with E-state index in [4.69, 9.17) is 0 Å². The molecule has 0 saturated carbocycles. The third-order valence-electron chi connectivity index (χ3n) is 4.04. The van der Waals surface area contributed by atoms with Crippen LogP contribution in [0.2, 0.25) is 0 Å². The molecule has 0 fully saturated rings. The summed E-state index contributed by atoms with van der Waals surface area (Å²) in [6.07, 6.45) is 0. The number of fused-ring (bicyclic) bond motifs is 1. The molecule has 2 aromatic rings. The summed E-state index contributed by atoms with van der Waals surface area (Å²) in [5.74, 6) is 0. The molecule has 4 aliphatic rings. The molecule has 0 amide bonds. The smallest absolute Gasteiger partial charge is 0.113 e. The quantitative estimate of drug-likeness (QED) is 0.366. The van der Waals surface area contributed by atoms with E-state index in [9.17, 15) is 0 Å². The summed E-state index contributed by atoms with van der Waals surface area (Å²) in [7, 11) is 0. The number of benzene rings is 1. The second kappa shape index (κ2) is 8.67. The van der Waals surface area contributed by atoms with E-state index in [-0.39, 0.29) is 0 Å². The Morgan fingerprint density at radius 3 is 1.41 bits per heavy atom. The highest BCUT2D eigenvalue weighted by molar-refractivity contribution is 8.35. The lowest BCUT2D eigenvalue weighted by Gasteiger charge is -2.08. The molecule has 0 N–H and O–H groups in total. The first-order valence-corrected chi connectivity index (χ1v) is 15.8. The molecule has 5 heterocycles. The molecule has 0 aliphatic carbocycles. The van der Waals surface area contributed by atoms with Gasteiger partial charge in [-0.3, -0.25) is 0 Å². The molecule has 4 aliphatic heterocycles. The second-order valence-electron chi connectivity index (χ2n) is 5.69. The molecule has 0 radical (unpaired) electrons. The lowest BCUT2D eigenvalue weighted by atomic mass is 10.1. The predicted octanol–water partition coefficient (Wildman–Crippen LogP) is 9.40. The van der Waals surface area contributed by atoms with Gasteiger partial charge < -0.3 is 0 Å². The number of aromatic nitrogens is 2. The Balaban J connectivity index is 1.32. The average molecular weight is 541 g/mol. The molecule has 11 heteroatoms. The van der Waals surface area contributed by atoms with Gasteiger partial charge in [0.2, 0.25) is 0 Å². The van der Waals surface area contributed by atoms with Gasteiger partial charge in [-0.1, -0.05) is 106 Å². The number of hydrogen-bond acceptors (Lipinski definition) is 11. The topological polar surface area (TPSA) is 25.8 Å². The molecular formula is C18H8N2S9. The maximum absolute atomic E-state index is 4.67. The molecule has 6 rings (SSSR count). The Morgan fingerprint density at radius 2 is 0.966 bits per heavy atom. The van der Waals surface area contributed by atoms with E-state index in [0.29, 0.717) is 0 Å². The van der Waals surface area contributed by atoms with Crippen LogP contribution >= 0.6 is 106 Å². The fourth-order valence-corrected chi connectivity index (χ4v) is 12.4. The summed E-state index contributed by atoms with van der Waals surface area (Å²) < 4.78 is 14.8. The first-order chi connectivity index (χ1) is 14.4. The zero-order chi connectivity index (χ0) is 19.2. The second-order valence-corrected chi connectivity index (χ2v) is 14.8. The molecule has 29 heavy (non-hydrogen) atoms. The number of thioether (sulfide) groups is 8. The summed E-state index contributed by atoms with van der Waals surface area (Å²) >= 11 is 15.9. The minimum atomic E-state index is 1.02. The van der Waals surface area contributed by atoms with Crippen LogP contribution in [-0.2, 0) is 0 Å². The Morgan fingerprint density at radius 1 is 0.517 bits per heavy atom. The van der Waals surface area contributed by atoms with Gasteiger partial charge in [0.1, 0.15) is 11.0 Å².